The first-order chi connectivity index (χ1) is 43.6. The molecule has 0 fully saturated rings. The van der Waals surface area contributed by atoms with E-state index in [0.29, 0.717) is 0 Å². The molecule has 0 aromatic heterocycles. The van der Waals surface area contributed by atoms with Crippen LogP contribution in [0.4, 0.5) is 0 Å². The van der Waals surface area contributed by atoms with Gasteiger partial charge < -0.3 is 0 Å². The molecule has 530 valence electrons. The zero-order valence-electron chi connectivity index (χ0n) is 36.0. The Morgan fingerprint density at radius 2 is 0.182 bits per heavy atom. The van der Waals surface area contributed by atoms with Crippen molar-refractivity contribution in [2.75, 3.05) is 0 Å². The summed E-state index contributed by atoms with van der Waals surface area (Å²) < 4.78 is 29.0. The van der Waals surface area contributed by atoms with Crippen LogP contribution in [0.25, 0.3) is 0 Å². The molecule has 87 nitrogen and oxygen atoms in total. The highest BCUT2D eigenvalue weighted by Crippen LogP contribution is 2.03. The maximum absolute atomic E-state index is 11.1. The molecule has 88 heteroatoms. The lowest BCUT2D eigenvalue weighted by molar-refractivity contribution is -0.909. The highest BCUT2D eigenvalue weighted by Gasteiger charge is 2.18. The van der Waals surface area contributed by atoms with Gasteiger partial charge in [-0.2, -0.15) is 8.42 Å². The average Bonchev–Trinajstić information content (AvgIpc) is 3.54. The minimum absolute atomic E-state index is 2.87. The normalized spacial score (nSPS) is 12.0. The van der Waals surface area contributed by atoms with Crippen molar-refractivity contribution in [1.82, 2.24) is 0 Å². The number of hydrogen-bond donors (Lipinski definition) is 2. The molecule has 0 saturated carbocycles. The molecule has 0 spiro atoms. The van der Waals surface area contributed by atoms with E-state index in [1.807, 2.05) is 0 Å². The van der Waals surface area contributed by atoms with Gasteiger partial charge in [0, 0.05) is 247 Å². The lowest BCUT2D eigenvalue weighted by Crippen LogP contribution is -2.13. The molecule has 0 bridgehead atoms. The van der Waals surface area contributed by atoms with Crippen LogP contribution in [0.15, 0.2) is 0 Å². The third-order valence-electron chi connectivity index (χ3n) is 2.42. The molecule has 0 aliphatic rings. The van der Waals surface area contributed by atoms with Gasteiger partial charge >= 0.3 is 10.4 Å². The van der Waals surface area contributed by atoms with Gasteiger partial charge in [-0.3, -0.25) is 0 Å². The number of rotatable bonds is 83. The third kappa shape index (κ3) is 78.6. The first-order valence-electron chi connectivity index (χ1n) is 14.5. The van der Waals surface area contributed by atoms with E-state index in [-0.39, 0.29) is 0 Å². The van der Waals surface area contributed by atoms with Gasteiger partial charge in [0.2, 0.25) is 0 Å². The molecule has 0 atom stereocenters. The lowest BCUT2D eigenvalue weighted by atomic mass is 14.0. The molecular formula is H2O87S. The van der Waals surface area contributed by atoms with E-state index in [1.165, 1.54) is 0 Å². The van der Waals surface area contributed by atoms with Crippen LogP contribution < -0.4 is 0 Å². The van der Waals surface area contributed by atoms with Crippen LogP contribution in [0.5, 0.6) is 0 Å². The van der Waals surface area contributed by atoms with Crippen molar-refractivity contribution >= 4 is 10.4 Å². The molecular weight excluding hydrogens is 1420 g/mol. The predicted molar refractivity (Wildman–Crippen MR) is 104 cm³/mol. The summed E-state index contributed by atoms with van der Waals surface area (Å²) in [6, 6.07) is 0. The second-order valence-electron chi connectivity index (χ2n) is 6.07. The van der Waals surface area contributed by atoms with Gasteiger partial charge in [-0.15, -0.1) is 0 Å². The van der Waals surface area contributed by atoms with E-state index in [4.69, 9.17) is 10.5 Å². The Kier molecular flexibility index (Phi) is 74.7. The standard InChI is InChI=1S/H2O87S/c1-5-7-9-11-13-15-17-19-21-23-25-27-29-31-33-35-37-39-41-43-45-47-49-51-53-55-57-59-61-63-65-67-69-71-73-75-77-79-81-83-85-87-88(3,4)86-84-82-80-78-76-74-72-70-68-66-64-62-60-58-56-54-52-50-48-46-44-42-40-38-36-34-32-30-28-26-24-22-20-18-16-14-12-10-8-6-2/h1-2H. The molecule has 0 aromatic rings. The molecule has 0 rings (SSSR count). The monoisotopic (exact) mass is 1430 g/mol. The summed E-state index contributed by atoms with van der Waals surface area (Å²) in [5.41, 5.74) is 0. The predicted octanol–water partition coefficient (Wildman–Crippen LogP) is -6.33. The van der Waals surface area contributed by atoms with Gasteiger partial charge in [0.05, 0.1) is 0 Å². The van der Waals surface area contributed by atoms with Crippen molar-refractivity contribution in [3.63, 3.8) is 0 Å². The Morgan fingerprint density at radius 1 is 0.114 bits per heavy atom. The topological polar surface area (TPSA) is 841 Å². The first-order valence-corrected chi connectivity index (χ1v) is 15.9. The van der Waals surface area contributed by atoms with Crippen LogP contribution in [0.2, 0.25) is 0 Å². The Labute approximate surface area is 448 Å². The van der Waals surface area contributed by atoms with Crippen molar-refractivity contribution in [2.24, 2.45) is 0 Å². The fourth-order valence-corrected chi connectivity index (χ4v) is 1.18. The van der Waals surface area contributed by atoms with E-state index in [0.717, 1.165) is 0 Å². The Hall–Kier alpha value is -3.45. The summed E-state index contributed by atoms with van der Waals surface area (Å²) in [5, 5.41) is 294. The lowest BCUT2D eigenvalue weighted by Gasteiger charge is -2.01. The molecule has 0 aliphatic carbocycles. The van der Waals surface area contributed by atoms with E-state index >= 15 is 0 Å². The van der Waals surface area contributed by atoms with Gasteiger partial charge in [0.15, 0.2) is 0 Å². The summed E-state index contributed by atoms with van der Waals surface area (Å²) in [4.78, 5) is 0. The average molecular weight is 1430 g/mol. The Morgan fingerprint density at radius 3 is 0.261 bits per heavy atom. The molecule has 0 unspecified atom stereocenters. The second-order valence-corrected chi connectivity index (χ2v) is 7.16. The smallest absolute Gasteiger partial charge is 0.219 e. The molecule has 0 aliphatic heterocycles. The Bertz CT molecular complexity index is 1280. The van der Waals surface area contributed by atoms with Gasteiger partial charge in [0.1, 0.15) is 0 Å². The van der Waals surface area contributed by atoms with Crippen LogP contribution >= 0.6 is 0 Å². The van der Waals surface area contributed by atoms with E-state index < -0.39 is 10.4 Å². The summed E-state index contributed by atoms with van der Waals surface area (Å²) in [6.07, 6.45) is 0. The fraction of sp³-hybridized carbons (Fsp3) is 0. The van der Waals surface area contributed by atoms with Crippen LogP contribution in [0, 0.1) is 0 Å². The van der Waals surface area contributed by atoms with E-state index in [2.05, 4.69) is 417 Å². The summed E-state index contributed by atoms with van der Waals surface area (Å²) in [5.74, 6) is 0. The van der Waals surface area contributed by atoms with Gasteiger partial charge in [-0.25, -0.2) is 10.5 Å². The summed E-state index contributed by atoms with van der Waals surface area (Å²) >= 11 is 0. The molecule has 0 aromatic carbocycles. The molecule has 0 heterocycles. The van der Waals surface area contributed by atoms with Crippen molar-refractivity contribution in [3.05, 3.63) is 0 Å². The van der Waals surface area contributed by atoms with Crippen molar-refractivity contribution in [1.29, 1.82) is 0 Å². The molecule has 0 saturated heterocycles. The van der Waals surface area contributed by atoms with Crippen molar-refractivity contribution in [2.45, 2.75) is 0 Å². The zero-order chi connectivity index (χ0) is 63.2. The quantitative estimate of drug-likeness (QED) is 0.0325. The van der Waals surface area contributed by atoms with Crippen LogP contribution in [-0.4, -0.2) is 18.9 Å². The summed E-state index contributed by atoms with van der Waals surface area (Å²) in [6.45, 7) is 0. The molecule has 0 amide bonds. The van der Waals surface area contributed by atoms with Gasteiger partial charge in [-0.05, 0) is 170 Å². The van der Waals surface area contributed by atoms with E-state index in [9.17, 15) is 8.42 Å². The zero-order valence-corrected chi connectivity index (χ0v) is 36.8. The summed E-state index contributed by atoms with van der Waals surface area (Å²) in [7, 11) is -5.34. The SMILES string of the molecule is O=S(=O)(OOOOOOOOOOOOOOOOOOOOOOOOOOOOOOOOOOOOOOOOOO)OOOOOOOOOOOOOOOOOOOOOOOOOOOOOOOOOOOOOOOOOOO. The fourth-order valence-electron chi connectivity index (χ4n) is 0.977. The van der Waals surface area contributed by atoms with Crippen molar-refractivity contribution in [3.8, 4) is 0 Å². The first kappa shape index (κ1) is 84.5. The van der Waals surface area contributed by atoms with Gasteiger partial charge in [-0.1, -0.05) is 0 Å². The van der Waals surface area contributed by atoms with E-state index in [1.54, 1.807) is 0 Å². The molecule has 2 N–H and O–H groups in total. The minimum atomic E-state index is -5.34. The second kappa shape index (κ2) is 77.8. The van der Waals surface area contributed by atoms with Crippen LogP contribution in [-0.2, 0) is 427 Å². The maximum atomic E-state index is 11.1. The Balaban J connectivity index is 3.20. The highest BCUT2D eigenvalue weighted by molar-refractivity contribution is 7.81. The third-order valence-corrected chi connectivity index (χ3v) is 2.87. The van der Waals surface area contributed by atoms with Crippen molar-refractivity contribution < 1.29 is 436 Å². The largest absolute Gasteiger partial charge is 0.457 e. The van der Waals surface area contributed by atoms with Gasteiger partial charge in [0.25, 0.3) is 0 Å². The molecule has 88 heavy (non-hydrogen) atoms. The molecule has 0 radical (unpaired) electrons. The van der Waals surface area contributed by atoms with Crippen LogP contribution in [0.3, 0.4) is 0 Å². The van der Waals surface area contributed by atoms with Crippen LogP contribution in [0.1, 0.15) is 0 Å². The minimum Gasteiger partial charge on any atom is -0.219 e. The number of hydrogen-bond acceptors (Lipinski definition) is 87. The highest BCUT2D eigenvalue weighted by atomic mass is 32.3. The maximum Gasteiger partial charge on any atom is 0.457 e.